The molecule has 3 rings (SSSR count). The van der Waals surface area contributed by atoms with Crippen molar-refractivity contribution in [2.24, 2.45) is 0 Å². The predicted molar refractivity (Wildman–Crippen MR) is 72.3 cm³/mol. The van der Waals surface area contributed by atoms with Crippen molar-refractivity contribution >= 4 is 22.8 Å². The van der Waals surface area contributed by atoms with Gasteiger partial charge in [0, 0.05) is 5.69 Å². The molecule has 3 aromatic rings. The van der Waals surface area contributed by atoms with Crippen LogP contribution in [0.15, 0.2) is 40.8 Å². The van der Waals surface area contributed by atoms with Gasteiger partial charge in [0.1, 0.15) is 11.3 Å². The summed E-state index contributed by atoms with van der Waals surface area (Å²) in [5.74, 6) is 1.09. The van der Waals surface area contributed by atoms with Gasteiger partial charge in [-0.2, -0.15) is 0 Å². The van der Waals surface area contributed by atoms with E-state index in [1.807, 2.05) is 31.2 Å². The summed E-state index contributed by atoms with van der Waals surface area (Å²) < 4.78 is 11.1. The number of para-hydroxylation sites is 1. The number of fused-ring (bicyclic) bond motifs is 1. The SMILES string of the molecule is Cc1ccc2nc(COc3ccccc3Cl)oc2n1. The Morgan fingerprint density at radius 3 is 2.84 bits per heavy atom. The Morgan fingerprint density at radius 1 is 1.16 bits per heavy atom. The first-order chi connectivity index (χ1) is 9.22. The molecule has 0 amide bonds. The number of oxazole rings is 1. The highest BCUT2D eigenvalue weighted by molar-refractivity contribution is 6.32. The topological polar surface area (TPSA) is 48.2 Å². The van der Waals surface area contributed by atoms with E-state index in [1.165, 1.54) is 0 Å². The lowest BCUT2D eigenvalue weighted by atomic mass is 10.3. The Kier molecular flexibility index (Phi) is 3.09. The highest BCUT2D eigenvalue weighted by atomic mass is 35.5. The highest BCUT2D eigenvalue weighted by Gasteiger charge is 2.08. The molecule has 0 aliphatic carbocycles. The van der Waals surface area contributed by atoms with E-state index in [4.69, 9.17) is 20.8 Å². The van der Waals surface area contributed by atoms with Gasteiger partial charge in [0.15, 0.2) is 6.61 Å². The maximum Gasteiger partial charge on any atom is 0.247 e. The third kappa shape index (κ3) is 2.53. The van der Waals surface area contributed by atoms with Crippen LogP contribution in [0.3, 0.4) is 0 Å². The first-order valence-electron chi connectivity index (χ1n) is 5.83. The summed E-state index contributed by atoms with van der Waals surface area (Å²) in [6.45, 7) is 2.13. The van der Waals surface area contributed by atoms with Crippen molar-refractivity contribution in [2.75, 3.05) is 0 Å². The van der Waals surface area contributed by atoms with Gasteiger partial charge in [0.05, 0.1) is 5.02 Å². The van der Waals surface area contributed by atoms with Gasteiger partial charge >= 0.3 is 0 Å². The second kappa shape index (κ2) is 4.90. The molecule has 0 saturated heterocycles. The molecule has 0 radical (unpaired) electrons. The molecule has 1 aromatic carbocycles. The number of benzene rings is 1. The standard InChI is InChI=1S/C14H11ClN2O2/c1-9-6-7-11-14(16-9)19-13(17-11)8-18-12-5-3-2-4-10(12)15/h2-7H,8H2,1H3. The lowest BCUT2D eigenvalue weighted by molar-refractivity contribution is 0.266. The number of aryl methyl sites for hydroxylation is 1. The molecule has 0 aliphatic heterocycles. The molecule has 0 fully saturated rings. The molecule has 0 N–H and O–H groups in total. The van der Waals surface area contributed by atoms with E-state index in [2.05, 4.69) is 9.97 Å². The summed E-state index contributed by atoms with van der Waals surface area (Å²) in [6.07, 6.45) is 0. The quantitative estimate of drug-likeness (QED) is 0.729. The predicted octanol–water partition coefficient (Wildman–Crippen LogP) is 3.76. The van der Waals surface area contributed by atoms with E-state index < -0.39 is 0 Å². The third-order valence-corrected chi connectivity index (χ3v) is 2.94. The Balaban J connectivity index is 1.80. The Morgan fingerprint density at radius 2 is 2.00 bits per heavy atom. The molecule has 0 aliphatic rings. The summed E-state index contributed by atoms with van der Waals surface area (Å²) >= 11 is 6.00. The van der Waals surface area contributed by atoms with E-state index in [0.29, 0.717) is 22.4 Å². The Labute approximate surface area is 115 Å². The average molecular weight is 275 g/mol. The van der Waals surface area contributed by atoms with Crippen molar-refractivity contribution in [3.05, 3.63) is 53.0 Å². The zero-order valence-corrected chi connectivity index (χ0v) is 11.0. The number of pyridine rings is 1. The van der Waals surface area contributed by atoms with Crippen LogP contribution in [0.25, 0.3) is 11.2 Å². The molecular weight excluding hydrogens is 264 g/mol. The van der Waals surface area contributed by atoms with Crippen LogP contribution in [0, 0.1) is 6.92 Å². The largest absolute Gasteiger partial charge is 0.482 e. The highest BCUT2D eigenvalue weighted by Crippen LogP contribution is 2.24. The molecule has 0 spiro atoms. The minimum absolute atomic E-state index is 0.221. The third-order valence-electron chi connectivity index (χ3n) is 2.63. The van der Waals surface area contributed by atoms with Crippen LogP contribution in [-0.4, -0.2) is 9.97 Å². The zero-order valence-electron chi connectivity index (χ0n) is 10.3. The van der Waals surface area contributed by atoms with Crippen LogP contribution >= 0.6 is 11.6 Å². The number of rotatable bonds is 3. The second-order valence-corrected chi connectivity index (χ2v) is 4.51. The molecule has 19 heavy (non-hydrogen) atoms. The fourth-order valence-electron chi connectivity index (χ4n) is 1.72. The van der Waals surface area contributed by atoms with Gasteiger partial charge in [-0.3, -0.25) is 0 Å². The first kappa shape index (κ1) is 12.0. The molecule has 0 bridgehead atoms. The minimum Gasteiger partial charge on any atom is -0.482 e. The van der Waals surface area contributed by atoms with Crippen molar-refractivity contribution < 1.29 is 9.15 Å². The van der Waals surface area contributed by atoms with E-state index in [-0.39, 0.29) is 6.61 Å². The van der Waals surface area contributed by atoms with Gasteiger partial charge in [-0.25, -0.2) is 9.97 Å². The van der Waals surface area contributed by atoms with Crippen molar-refractivity contribution in [1.29, 1.82) is 0 Å². The number of hydrogen-bond donors (Lipinski definition) is 0. The molecule has 2 aromatic heterocycles. The number of nitrogens with zero attached hydrogens (tertiary/aromatic N) is 2. The smallest absolute Gasteiger partial charge is 0.247 e. The van der Waals surface area contributed by atoms with E-state index >= 15 is 0 Å². The van der Waals surface area contributed by atoms with Gasteiger partial charge in [-0.1, -0.05) is 23.7 Å². The fraction of sp³-hybridized carbons (Fsp3) is 0.143. The maximum atomic E-state index is 6.00. The summed E-state index contributed by atoms with van der Waals surface area (Å²) in [5.41, 5.74) is 2.14. The lowest BCUT2D eigenvalue weighted by Crippen LogP contribution is -1.95. The Hall–Kier alpha value is -2.07. The summed E-state index contributed by atoms with van der Waals surface area (Å²) in [7, 11) is 0. The first-order valence-corrected chi connectivity index (χ1v) is 6.20. The van der Waals surface area contributed by atoms with Gasteiger partial charge in [-0.15, -0.1) is 0 Å². The van der Waals surface area contributed by atoms with E-state index in [1.54, 1.807) is 12.1 Å². The zero-order chi connectivity index (χ0) is 13.2. The number of ether oxygens (including phenoxy) is 1. The molecule has 4 nitrogen and oxygen atoms in total. The van der Waals surface area contributed by atoms with Gasteiger partial charge in [-0.05, 0) is 31.2 Å². The molecule has 0 unspecified atom stereocenters. The van der Waals surface area contributed by atoms with Crippen LogP contribution in [0.4, 0.5) is 0 Å². The lowest BCUT2D eigenvalue weighted by Gasteiger charge is -2.04. The summed E-state index contributed by atoms with van der Waals surface area (Å²) in [4.78, 5) is 8.56. The second-order valence-electron chi connectivity index (χ2n) is 4.10. The van der Waals surface area contributed by atoms with Crippen molar-refractivity contribution in [3.8, 4) is 5.75 Å². The van der Waals surface area contributed by atoms with Gasteiger partial charge in [0.25, 0.3) is 0 Å². The minimum atomic E-state index is 0.221. The van der Waals surface area contributed by atoms with Crippen LogP contribution < -0.4 is 4.74 Å². The molecule has 2 heterocycles. The van der Waals surface area contributed by atoms with Crippen LogP contribution in [-0.2, 0) is 6.61 Å². The fourth-order valence-corrected chi connectivity index (χ4v) is 1.91. The number of hydrogen-bond acceptors (Lipinski definition) is 4. The molecule has 0 saturated carbocycles. The van der Waals surface area contributed by atoms with E-state index in [9.17, 15) is 0 Å². The van der Waals surface area contributed by atoms with Crippen LogP contribution in [0.1, 0.15) is 11.6 Å². The van der Waals surface area contributed by atoms with Crippen molar-refractivity contribution in [3.63, 3.8) is 0 Å². The summed E-state index contributed by atoms with van der Waals surface area (Å²) in [5, 5.41) is 0.563. The maximum absolute atomic E-state index is 6.00. The Bertz CT molecular complexity index is 724. The van der Waals surface area contributed by atoms with Gasteiger partial charge in [0.2, 0.25) is 11.6 Å². The number of aromatic nitrogens is 2. The average Bonchev–Trinajstić information content (AvgIpc) is 2.79. The monoisotopic (exact) mass is 274 g/mol. The van der Waals surface area contributed by atoms with Crippen molar-refractivity contribution in [1.82, 2.24) is 9.97 Å². The molecule has 0 atom stereocenters. The van der Waals surface area contributed by atoms with E-state index in [0.717, 1.165) is 11.2 Å². The molecule has 5 heteroatoms. The summed E-state index contributed by atoms with van der Waals surface area (Å²) in [6, 6.07) is 11.0. The van der Waals surface area contributed by atoms with Crippen molar-refractivity contribution in [2.45, 2.75) is 13.5 Å². The molecular formula is C14H11ClN2O2. The van der Waals surface area contributed by atoms with Crippen LogP contribution in [0.5, 0.6) is 5.75 Å². The van der Waals surface area contributed by atoms with Crippen LogP contribution in [0.2, 0.25) is 5.02 Å². The van der Waals surface area contributed by atoms with Gasteiger partial charge < -0.3 is 9.15 Å². The number of halogens is 1. The normalized spacial score (nSPS) is 10.8. The molecule has 96 valence electrons.